The van der Waals surface area contributed by atoms with Crippen molar-refractivity contribution in [1.29, 1.82) is 0 Å². The summed E-state index contributed by atoms with van der Waals surface area (Å²) in [6, 6.07) is 2.44. The van der Waals surface area contributed by atoms with E-state index in [1.54, 1.807) is 11.3 Å². The maximum absolute atomic E-state index is 6.21. The van der Waals surface area contributed by atoms with Gasteiger partial charge in [0.25, 0.3) is 0 Å². The van der Waals surface area contributed by atoms with Crippen LogP contribution in [-0.4, -0.2) is 34.2 Å². The van der Waals surface area contributed by atoms with Crippen LogP contribution in [0.5, 0.6) is 0 Å². The van der Waals surface area contributed by atoms with Gasteiger partial charge in [-0.1, -0.05) is 13.8 Å². The summed E-state index contributed by atoms with van der Waals surface area (Å²) in [6.07, 6.45) is 3.02. The Labute approximate surface area is 124 Å². The minimum Gasteiger partial charge on any atom is -0.327 e. The van der Waals surface area contributed by atoms with E-state index in [4.69, 9.17) is 5.73 Å². The molecule has 1 aliphatic rings. The van der Waals surface area contributed by atoms with Gasteiger partial charge in [0.15, 0.2) is 0 Å². The highest BCUT2D eigenvalue weighted by Gasteiger charge is 2.33. The van der Waals surface area contributed by atoms with Crippen LogP contribution >= 0.6 is 11.3 Å². The first-order valence-electron chi connectivity index (χ1n) is 7.09. The number of likely N-dealkylation sites (tertiary alicyclic amines) is 1. The number of H-pyrrole nitrogens is 1. The average molecular weight is 290 g/mol. The van der Waals surface area contributed by atoms with E-state index in [1.165, 1.54) is 11.1 Å². The first kappa shape index (κ1) is 13.8. The Bertz CT molecular complexity index is 558. The molecular weight excluding hydrogens is 268 g/mol. The molecule has 0 aliphatic carbocycles. The average Bonchev–Trinajstić information content (AvgIpc) is 3.03. The Morgan fingerprint density at radius 1 is 1.55 bits per heavy atom. The smallest absolute Gasteiger partial charge is 0.0703 e. The number of aromatic nitrogens is 2. The second kappa shape index (κ2) is 5.31. The number of hydrogen-bond acceptors (Lipinski definition) is 4. The molecule has 2 aromatic rings. The molecule has 1 aliphatic heterocycles. The Kier molecular flexibility index (Phi) is 3.67. The highest BCUT2D eigenvalue weighted by Crippen LogP contribution is 2.30. The SMILES string of the molecule is CC1(C)CN(Cc2cn[nH]c2-c2ccsc2)CCC1N. The van der Waals surface area contributed by atoms with Crippen molar-refractivity contribution in [1.82, 2.24) is 15.1 Å². The second-order valence-electron chi connectivity index (χ2n) is 6.38. The minimum absolute atomic E-state index is 0.185. The van der Waals surface area contributed by atoms with E-state index in [0.29, 0.717) is 6.04 Å². The van der Waals surface area contributed by atoms with Crippen molar-refractivity contribution in [2.45, 2.75) is 32.9 Å². The van der Waals surface area contributed by atoms with Crippen molar-refractivity contribution in [3.63, 3.8) is 0 Å². The van der Waals surface area contributed by atoms with E-state index in [-0.39, 0.29) is 5.41 Å². The van der Waals surface area contributed by atoms with E-state index in [9.17, 15) is 0 Å². The molecule has 4 nitrogen and oxygen atoms in total. The molecule has 3 N–H and O–H groups in total. The monoisotopic (exact) mass is 290 g/mol. The summed E-state index contributed by atoms with van der Waals surface area (Å²) in [6.45, 7) is 7.58. The molecule has 5 heteroatoms. The van der Waals surface area contributed by atoms with Gasteiger partial charge in [-0.2, -0.15) is 16.4 Å². The topological polar surface area (TPSA) is 57.9 Å². The van der Waals surface area contributed by atoms with Crippen molar-refractivity contribution in [3.8, 4) is 11.3 Å². The third-order valence-electron chi connectivity index (χ3n) is 4.31. The number of thiophene rings is 1. The largest absolute Gasteiger partial charge is 0.327 e. The van der Waals surface area contributed by atoms with Crippen LogP contribution in [0.2, 0.25) is 0 Å². The molecule has 0 saturated carbocycles. The lowest BCUT2D eigenvalue weighted by Crippen LogP contribution is -2.52. The van der Waals surface area contributed by atoms with Crippen LogP contribution in [0.4, 0.5) is 0 Å². The van der Waals surface area contributed by atoms with Crippen LogP contribution in [0, 0.1) is 5.41 Å². The molecule has 108 valence electrons. The normalized spacial score (nSPS) is 23.1. The van der Waals surface area contributed by atoms with Gasteiger partial charge < -0.3 is 5.73 Å². The molecule has 0 bridgehead atoms. The number of nitrogens with one attached hydrogen (secondary N) is 1. The predicted molar refractivity (Wildman–Crippen MR) is 83.6 cm³/mol. The molecule has 2 aromatic heterocycles. The number of aromatic amines is 1. The highest BCUT2D eigenvalue weighted by molar-refractivity contribution is 7.08. The molecule has 0 spiro atoms. The van der Waals surface area contributed by atoms with Crippen LogP contribution in [0.15, 0.2) is 23.0 Å². The third-order valence-corrected chi connectivity index (χ3v) is 5.00. The van der Waals surface area contributed by atoms with Crippen LogP contribution in [-0.2, 0) is 6.54 Å². The summed E-state index contributed by atoms with van der Waals surface area (Å²) >= 11 is 1.71. The van der Waals surface area contributed by atoms with Gasteiger partial charge in [-0.3, -0.25) is 10.00 Å². The van der Waals surface area contributed by atoms with E-state index in [1.807, 2.05) is 6.20 Å². The predicted octanol–water partition coefficient (Wildman–Crippen LogP) is 2.70. The van der Waals surface area contributed by atoms with E-state index >= 15 is 0 Å². The highest BCUT2D eigenvalue weighted by atomic mass is 32.1. The summed E-state index contributed by atoms with van der Waals surface area (Å²) in [7, 11) is 0. The quantitative estimate of drug-likeness (QED) is 0.914. The van der Waals surface area contributed by atoms with Gasteiger partial charge in [-0.25, -0.2) is 0 Å². The van der Waals surface area contributed by atoms with Gasteiger partial charge in [0.1, 0.15) is 0 Å². The van der Waals surface area contributed by atoms with Gasteiger partial charge in [0.05, 0.1) is 11.9 Å². The molecule has 0 amide bonds. The van der Waals surface area contributed by atoms with E-state index < -0.39 is 0 Å². The number of hydrogen-bond donors (Lipinski definition) is 2. The van der Waals surface area contributed by atoms with Crippen molar-refractivity contribution >= 4 is 11.3 Å². The van der Waals surface area contributed by atoms with Crippen LogP contribution in [0.1, 0.15) is 25.8 Å². The van der Waals surface area contributed by atoms with E-state index in [2.05, 4.69) is 45.8 Å². The molecular formula is C15H22N4S. The summed E-state index contributed by atoms with van der Waals surface area (Å²) < 4.78 is 0. The molecule has 3 rings (SSSR count). The van der Waals surface area contributed by atoms with Crippen LogP contribution < -0.4 is 5.73 Å². The molecule has 0 aromatic carbocycles. The molecule has 20 heavy (non-hydrogen) atoms. The van der Waals surface area contributed by atoms with Gasteiger partial charge in [-0.05, 0) is 23.3 Å². The van der Waals surface area contributed by atoms with Crippen molar-refractivity contribution in [2.75, 3.05) is 13.1 Å². The zero-order chi connectivity index (χ0) is 14.2. The number of rotatable bonds is 3. The van der Waals surface area contributed by atoms with Crippen molar-refractivity contribution in [2.24, 2.45) is 11.1 Å². The minimum atomic E-state index is 0.185. The first-order valence-corrected chi connectivity index (χ1v) is 8.03. The maximum atomic E-state index is 6.21. The molecule has 1 atom stereocenters. The summed E-state index contributed by atoms with van der Waals surface area (Å²) in [5.74, 6) is 0. The Morgan fingerprint density at radius 2 is 2.40 bits per heavy atom. The lowest BCUT2D eigenvalue weighted by Gasteiger charge is -2.42. The van der Waals surface area contributed by atoms with Crippen molar-refractivity contribution in [3.05, 3.63) is 28.6 Å². The lowest BCUT2D eigenvalue weighted by molar-refractivity contribution is 0.0900. The molecule has 0 radical (unpaired) electrons. The third kappa shape index (κ3) is 2.66. The summed E-state index contributed by atoms with van der Waals surface area (Å²) in [5.41, 5.74) is 10.1. The van der Waals surface area contributed by atoms with Crippen molar-refractivity contribution < 1.29 is 0 Å². The number of nitrogens with zero attached hydrogens (tertiary/aromatic N) is 2. The lowest BCUT2D eigenvalue weighted by atomic mass is 9.79. The fourth-order valence-electron chi connectivity index (χ4n) is 2.95. The molecule has 1 fully saturated rings. The first-order chi connectivity index (χ1) is 9.56. The second-order valence-corrected chi connectivity index (χ2v) is 7.16. The van der Waals surface area contributed by atoms with E-state index in [0.717, 1.165) is 31.7 Å². The van der Waals surface area contributed by atoms with Gasteiger partial charge >= 0.3 is 0 Å². The molecule has 1 unspecified atom stereocenters. The maximum Gasteiger partial charge on any atom is 0.0703 e. The zero-order valence-corrected chi connectivity index (χ0v) is 12.9. The van der Waals surface area contributed by atoms with Gasteiger partial charge in [0, 0.05) is 42.2 Å². The van der Waals surface area contributed by atoms with Crippen LogP contribution in [0.25, 0.3) is 11.3 Å². The van der Waals surface area contributed by atoms with Crippen LogP contribution in [0.3, 0.4) is 0 Å². The summed E-state index contributed by atoms with van der Waals surface area (Å²) in [4.78, 5) is 2.49. The summed E-state index contributed by atoms with van der Waals surface area (Å²) in [5, 5.41) is 11.6. The fraction of sp³-hybridized carbons (Fsp3) is 0.533. The number of nitrogens with two attached hydrogens (primary N) is 1. The molecule has 1 saturated heterocycles. The fourth-order valence-corrected chi connectivity index (χ4v) is 3.60. The van der Waals surface area contributed by atoms with Gasteiger partial charge in [-0.15, -0.1) is 0 Å². The Balaban J connectivity index is 1.75. The Morgan fingerprint density at radius 3 is 3.10 bits per heavy atom. The standard InChI is InChI=1S/C15H22N4S/c1-15(2)10-19(5-3-13(15)16)8-12-7-17-18-14(12)11-4-6-20-9-11/h4,6-7,9,13H,3,5,8,10,16H2,1-2H3,(H,17,18). The zero-order valence-electron chi connectivity index (χ0n) is 12.1. The Hall–Kier alpha value is -1.17. The van der Waals surface area contributed by atoms with Gasteiger partial charge in [0.2, 0.25) is 0 Å². The number of piperidine rings is 1. The molecule has 3 heterocycles.